The van der Waals surface area contributed by atoms with E-state index in [0.29, 0.717) is 11.1 Å². The Hall–Kier alpha value is -2.09. The summed E-state index contributed by atoms with van der Waals surface area (Å²) in [6, 6.07) is 14.7. The van der Waals surface area contributed by atoms with Crippen LogP contribution in [0.2, 0.25) is 0 Å². The zero-order valence-electron chi connectivity index (χ0n) is 8.57. The lowest BCUT2D eigenvalue weighted by molar-refractivity contribution is 0.640. The molecule has 0 atom stereocenters. The van der Waals surface area contributed by atoms with Gasteiger partial charge >= 0.3 is 0 Å². The largest absolute Gasteiger partial charge is 0.398 e. The zero-order valence-corrected chi connectivity index (χ0v) is 8.57. The van der Waals surface area contributed by atoms with Crippen molar-refractivity contribution < 1.29 is 4.39 Å². The van der Waals surface area contributed by atoms with Crippen molar-refractivity contribution in [2.45, 2.75) is 0 Å². The minimum absolute atomic E-state index is 0.227. The van der Waals surface area contributed by atoms with Crippen LogP contribution < -0.4 is 5.73 Å². The van der Waals surface area contributed by atoms with Gasteiger partial charge in [0.15, 0.2) is 0 Å². The van der Waals surface area contributed by atoms with E-state index in [1.165, 1.54) is 6.07 Å². The topological polar surface area (TPSA) is 26.0 Å². The number of benzene rings is 3. The van der Waals surface area contributed by atoms with Gasteiger partial charge in [0.1, 0.15) is 5.82 Å². The summed E-state index contributed by atoms with van der Waals surface area (Å²) in [6.45, 7) is 0. The normalized spacial score (nSPS) is 11.1. The number of nitrogen functional groups attached to an aromatic ring is 1. The molecule has 0 unspecified atom stereocenters. The fourth-order valence-electron chi connectivity index (χ4n) is 2.02. The second-order valence-electron chi connectivity index (χ2n) is 3.88. The molecule has 0 saturated carbocycles. The molecule has 0 fully saturated rings. The van der Waals surface area contributed by atoms with Crippen LogP contribution >= 0.6 is 0 Å². The molecule has 0 aliphatic rings. The molecule has 0 spiro atoms. The van der Waals surface area contributed by atoms with Crippen LogP contribution in [0, 0.1) is 5.82 Å². The van der Waals surface area contributed by atoms with Gasteiger partial charge in [0.25, 0.3) is 0 Å². The highest BCUT2D eigenvalue weighted by atomic mass is 19.1. The first-order valence-corrected chi connectivity index (χ1v) is 5.12. The van der Waals surface area contributed by atoms with E-state index >= 15 is 0 Å². The Labute approximate surface area is 92.3 Å². The fourth-order valence-corrected chi connectivity index (χ4v) is 2.02. The number of anilines is 1. The molecule has 2 N–H and O–H groups in total. The van der Waals surface area contributed by atoms with Crippen molar-refractivity contribution in [1.29, 1.82) is 0 Å². The molecule has 3 aromatic rings. The first-order chi connectivity index (χ1) is 7.75. The number of rotatable bonds is 0. The van der Waals surface area contributed by atoms with Gasteiger partial charge in [0.05, 0.1) is 0 Å². The van der Waals surface area contributed by atoms with Crippen molar-refractivity contribution in [1.82, 2.24) is 0 Å². The van der Waals surface area contributed by atoms with Crippen LogP contribution in [0.4, 0.5) is 10.1 Å². The van der Waals surface area contributed by atoms with Crippen molar-refractivity contribution in [2.75, 3.05) is 5.73 Å². The molecule has 0 aliphatic heterocycles. The van der Waals surface area contributed by atoms with E-state index in [9.17, 15) is 4.39 Å². The van der Waals surface area contributed by atoms with E-state index in [2.05, 4.69) is 0 Å². The Morgan fingerprint density at radius 3 is 2.12 bits per heavy atom. The molecule has 2 heteroatoms. The van der Waals surface area contributed by atoms with Gasteiger partial charge in [-0.1, -0.05) is 24.3 Å². The second-order valence-corrected chi connectivity index (χ2v) is 3.88. The average molecular weight is 211 g/mol. The molecule has 0 amide bonds. The molecule has 3 aromatic carbocycles. The van der Waals surface area contributed by atoms with Gasteiger partial charge in [-0.15, -0.1) is 0 Å². The highest BCUT2D eigenvalue weighted by molar-refractivity contribution is 6.03. The number of halogens is 1. The fraction of sp³-hybridized carbons (Fsp3) is 0. The summed E-state index contributed by atoms with van der Waals surface area (Å²) in [6.07, 6.45) is 0. The molecule has 0 bridgehead atoms. The summed E-state index contributed by atoms with van der Waals surface area (Å²) in [5.74, 6) is -0.227. The van der Waals surface area contributed by atoms with Gasteiger partial charge in [-0.25, -0.2) is 4.39 Å². The van der Waals surface area contributed by atoms with Crippen molar-refractivity contribution in [3.05, 3.63) is 54.3 Å². The SMILES string of the molecule is Nc1ccc(F)c2cc3ccccc3cc12. The average Bonchev–Trinajstić information content (AvgIpc) is 2.32. The summed E-state index contributed by atoms with van der Waals surface area (Å²) >= 11 is 0. The predicted molar refractivity (Wildman–Crippen MR) is 65.8 cm³/mol. The van der Waals surface area contributed by atoms with Gasteiger partial charge in [-0.05, 0) is 35.0 Å². The predicted octanol–water partition coefficient (Wildman–Crippen LogP) is 3.71. The Bertz CT molecular complexity index is 629. The van der Waals surface area contributed by atoms with Crippen molar-refractivity contribution in [3.63, 3.8) is 0 Å². The molecule has 1 nitrogen and oxygen atoms in total. The smallest absolute Gasteiger partial charge is 0.131 e. The lowest BCUT2D eigenvalue weighted by Gasteiger charge is -2.05. The monoisotopic (exact) mass is 211 g/mol. The number of hydrogen-bond donors (Lipinski definition) is 1. The van der Waals surface area contributed by atoms with Gasteiger partial charge in [0.2, 0.25) is 0 Å². The summed E-state index contributed by atoms with van der Waals surface area (Å²) < 4.78 is 13.6. The maximum absolute atomic E-state index is 13.6. The van der Waals surface area contributed by atoms with Gasteiger partial charge in [-0.3, -0.25) is 0 Å². The van der Waals surface area contributed by atoms with E-state index in [1.807, 2.05) is 36.4 Å². The quantitative estimate of drug-likeness (QED) is 0.445. The van der Waals surface area contributed by atoms with Gasteiger partial charge in [0, 0.05) is 16.5 Å². The summed E-state index contributed by atoms with van der Waals surface area (Å²) in [5, 5.41) is 3.46. The number of nitrogens with two attached hydrogens (primary N) is 1. The number of hydrogen-bond acceptors (Lipinski definition) is 1. The summed E-state index contributed by atoms with van der Waals surface area (Å²) in [5.41, 5.74) is 6.46. The third kappa shape index (κ3) is 1.23. The van der Waals surface area contributed by atoms with Crippen molar-refractivity contribution in [3.8, 4) is 0 Å². The van der Waals surface area contributed by atoms with Crippen LogP contribution in [0.5, 0.6) is 0 Å². The molecule has 0 saturated heterocycles. The second kappa shape index (κ2) is 3.20. The van der Waals surface area contributed by atoms with E-state index in [-0.39, 0.29) is 5.82 Å². The summed E-state index contributed by atoms with van der Waals surface area (Å²) in [7, 11) is 0. The summed E-state index contributed by atoms with van der Waals surface area (Å²) in [4.78, 5) is 0. The van der Waals surface area contributed by atoms with Crippen LogP contribution in [0.1, 0.15) is 0 Å². The van der Waals surface area contributed by atoms with E-state index in [1.54, 1.807) is 6.07 Å². The van der Waals surface area contributed by atoms with Crippen molar-refractivity contribution >= 4 is 27.2 Å². The first kappa shape index (κ1) is 9.16. The lowest BCUT2D eigenvalue weighted by Crippen LogP contribution is -1.89. The third-order valence-electron chi connectivity index (χ3n) is 2.86. The van der Waals surface area contributed by atoms with E-state index < -0.39 is 0 Å². The minimum atomic E-state index is -0.227. The molecule has 0 radical (unpaired) electrons. The standard InChI is InChI=1S/C14H10FN/c15-13-5-6-14(16)12-8-10-4-2-1-3-9(10)7-11(12)13/h1-8H,16H2. The highest BCUT2D eigenvalue weighted by Crippen LogP contribution is 2.28. The van der Waals surface area contributed by atoms with Crippen LogP contribution in [0.3, 0.4) is 0 Å². The first-order valence-electron chi connectivity index (χ1n) is 5.12. The molecule has 78 valence electrons. The lowest BCUT2D eigenvalue weighted by atomic mass is 10.0. The molecular weight excluding hydrogens is 201 g/mol. The van der Waals surface area contributed by atoms with Gasteiger partial charge < -0.3 is 5.73 Å². The highest BCUT2D eigenvalue weighted by Gasteiger charge is 2.05. The molecule has 0 aliphatic carbocycles. The Kier molecular flexibility index (Phi) is 1.83. The van der Waals surface area contributed by atoms with Crippen LogP contribution in [-0.4, -0.2) is 0 Å². The maximum Gasteiger partial charge on any atom is 0.131 e. The molecule has 3 rings (SSSR count). The maximum atomic E-state index is 13.6. The van der Waals surface area contributed by atoms with Crippen LogP contribution in [-0.2, 0) is 0 Å². The number of fused-ring (bicyclic) bond motifs is 2. The van der Waals surface area contributed by atoms with Crippen molar-refractivity contribution in [2.24, 2.45) is 0 Å². The van der Waals surface area contributed by atoms with E-state index in [0.717, 1.165) is 16.2 Å². The van der Waals surface area contributed by atoms with Gasteiger partial charge in [-0.2, -0.15) is 0 Å². The third-order valence-corrected chi connectivity index (χ3v) is 2.86. The molecule has 0 aromatic heterocycles. The van der Waals surface area contributed by atoms with Crippen LogP contribution in [0.15, 0.2) is 48.5 Å². The minimum Gasteiger partial charge on any atom is -0.398 e. The Morgan fingerprint density at radius 2 is 1.44 bits per heavy atom. The molecule has 0 heterocycles. The van der Waals surface area contributed by atoms with Crippen LogP contribution in [0.25, 0.3) is 21.5 Å². The Morgan fingerprint density at radius 1 is 0.812 bits per heavy atom. The molecular formula is C14H10FN. The Balaban J connectivity index is 2.56. The van der Waals surface area contributed by atoms with E-state index in [4.69, 9.17) is 5.73 Å². The molecule has 16 heavy (non-hydrogen) atoms. The zero-order chi connectivity index (χ0) is 11.1.